The maximum absolute atomic E-state index is 5.84. The first-order chi connectivity index (χ1) is 6.11. The van der Waals surface area contributed by atoms with E-state index in [-0.39, 0.29) is 0 Å². The molecule has 2 rings (SSSR count). The minimum atomic E-state index is 0.380. The van der Waals surface area contributed by atoms with Crippen LogP contribution >= 0.6 is 34.2 Å². The molecule has 68 valence electrons. The third kappa shape index (κ3) is 1.28. The molecular formula is C8H6ClIN2O. The average molecular weight is 309 g/mol. The molecular weight excluding hydrogens is 302 g/mol. The lowest BCUT2D eigenvalue weighted by molar-refractivity contribution is 0.615. The molecule has 0 radical (unpaired) electrons. The van der Waals surface area contributed by atoms with E-state index >= 15 is 0 Å². The molecule has 0 unspecified atom stereocenters. The van der Waals surface area contributed by atoms with Crippen LogP contribution in [0.4, 0.5) is 5.82 Å². The second-order valence-electron chi connectivity index (χ2n) is 2.70. The van der Waals surface area contributed by atoms with E-state index < -0.39 is 0 Å². The third-order valence-electron chi connectivity index (χ3n) is 1.88. The number of anilines is 1. The third-order valence-corrected chi connectivity index (χ3v) is 3.06. The van der Waals surface area contributed by atoms with Crippen LogP contribution in [0, 0.1) is 10.5 Å². The molecule has 0 atom stereocenters. The van der Waals surface area contributed by atoms with E-state index in [9.17, 15) is 0 Å². The SMILES string of the molecule is Cc1c(Cl)oc2c(N)ncc(I)c12. The van der Waals surface area contributed by atoms with Gasteiger partial charge in [-0.15, -0.1) is 0 Å². The number of rotatable bonds is 0. The first-order valence-electron chi connectivity index (χ1n) is 3.60. The number of hydrogen-bond donors (Lipinski definition) is 1. The fraction of sp³-hybridized carbons (Fsp3) is 0.125. The predicted molar refractivity (Wildman–Crippen MR) is 60.9 cm³/mol. The number of aryl methyl sites for hydroxylation is 1. The topological polar surface area (TPSA) is 52.0 Å². The zero-order valence-corrected chi connectivity index (χ0v) is 9.68. The first-order valence-corrected chi connectivity index (χ1v) is 5.05. The van der Waals surface area contributed by atoms with Gasteiger partial charge in [-0.2, -0.15) is 0 Å². The normalized spacial score (nSPS) is 11.0. The molecule has 0 aromatic carbocycles. The van der Waals surface area contributed by atoms with E-state index in [1.165, 1.54) is 0 Å². The summed E-state index contributed by atoms with van der Waals surface area (Å²) in [6, 6.07) is 0. The molecule has 13 heavy (non-hydrogen) atoms. The molecule has 2 aromatic rings. The van der Waals surface area contributed by atoms with Crippen molar-refractivity contribution in [1.82, 2.24) is 4.98 Å². The number of furan rings is 1. The second kappa shape index (κ2) is 3.02. The summed E-state index contributed by atoms with van der Waals surface area (Å²) >= 11 is 8.02. The Hall–Kier alpha value is -0.490. The zero-order chi connectivity index (χ0) is 9.59. The van der Waals surface area contributed by atoms with Crippen LogP contribution in [0.15, 0.2) is 10.6 Å². The highest BCUT2D eigenvalue weighted by Gasteiger charge is 2.14. The van der Waals surface area contributed by atoms with Gasteiger partial charge in [0.25, 0.3) is 0 Å². The quantitative estimate of drug-likeness (QED) is 0.761. The Morgan fingerprint density at radius 1 is 1.62 bits per heavy atom. The van der Waals surface area contributed by atoms with Crippen molar-refractivity contribution in [3.05, 3.63) is 20.5 Å². The van der Waals surface area contributed by atoms with Crippen molar-refractivity contribution in [2.75, 3.05) is 5.73 Å². The minimum Gasteiger partial charge on any atom is -0.440 e. The second-order valence-corrected chi connectivity index (χ2v) is 4.20. The van der Waals surface area contributed by atoms with E-state index in [0.717, 1.165) is 14.5 Å². The predicted octanol–water partition coefficient (Wildman–Crippen LogP) is 2.98. The summed E-state index contributed by atoms with van der Waals surface area (Å²) in [6.45, 7) is 1.90. The Morgan fingerprint density at radius 2 is 2.31 bits per heavy atom. The van der Waals surface area contributed by atoms with Crippen LogP contribution in [0.3, 0.4) is 0 Å². The van der Waals surface area contributed by atoms with E-state index in [1.807, 2.05) is 6.92 Å². The van der Waals surface area contributed by atoms with Gasteiger partial charge < -0.3 is 10.2 Å². The Kier molecular flexibility index (Phi) is 2.11. The van der Waals surface area contributed by atoms with Crippen LogP contribution in [0.1, 0.15) is 5.56 Å². The van der Waals surface area contributed by atoms with E-state index in [2.05, 4.69) is 27.6 Å². The highest BCUT2D eigenvalue weighted by molar-refractivity contribution is 14.1. The van der Waals surface area contributed by atoms with Crippen molar-refractivity contribution < 1.29 is 4.42 Å². The van der Waals surface area contributed by atoms with Gasteiger partial charge in [-0.25, -0.2) is 4.98 Å². The lowest BCUT2D eigenvalue weighted by Gasteiger charge is -1.95. The Morgan fingerprint density at radius 3 is 2.92 bits per heavy atom. The van der Waals surface area contributed by atoms with Gasteiger partial charge in [0.2, 0.25) is 0 Å². The summed E-state index contributed by atoms with van der Waals surface area (Å²) in [5.74, 6) is 0.380. The van der Waals surface area contributed by atoms with Gasteiger partial charge in [-0.05, 0) is 41.1 Å². The summed E-state index contributed by atoms with van der Waals surface area (Å²) in [4.78, 5) is 3.98. The average Bonchev–Trinajstić information content (AvgIpc) is 2.38. The Bertz CT molecular complexity index is 480. The highest BCUT2D eigenvalue weighted by Crippen LogP contribution is 2.34. The number of fused-ring (bicyclic) bond motifs is 1. The van der Waals surface area contributed by atoms with Crippen molar-refractivity contribution >= 4 is 51.0 Å². The molecule has 0 aliphatic carbocycles. The molecule has 0 fully saturated rings. The Labute approximate surface area is 93.4 Å². The number of hydrogen-bond acceptors (Lipinski definition) is 3. The molecule has 3 nitrogen and oxygen atoms in total. The summed E-state index contributed by atoms with van der Waals surface area (Å²) in [6.07, 6.45) is 1.71. The van der Waals surface area contributed by atoms with Gasteiger partial charge in [-0.1, -0.05) is 0 Å². The van der Waals surface area contributed by atoms with Gasteiger partial charge >= 0.3 is 0 Å². The minimum absolute atomic E-state index is 0.380. The Balaban J connectivity index is 3.00. The summed E-state index contributed by atoms with van der Waals surface area (Å²) < 4.78 is 6.28. The van der Waals surface area contributed by atoms with Crippen LogP contribution in [0.25, 0.3) is 11.0 Å². The van der Waals surface area contributed by atoms with Crippen LogP contribution in [-0.4, -0.2) is 4.98 Å². The molecule has 0 amide bonds. The smallest absolute Gasteiger partial charge is 0.197 e. The molecule has 0 spiro atoms. The number of halogens is 2. The summed E-state index contributed by atoms with van der Waals surface area (Å²) in [5.41, 5.74) is 7.13. The van der Waals surface area contributed by atoms with Crippen LogP contribution in [0.5, 0.6) is 0 Å². The maximum atomic E-state index is 5.84. The monoisotopic (exact) mass is 308 g/mol. The summed E-state index contributed by atoms with van der Waals surface area (Å²) in [7, 11) is 0. The fourth-order valence-electron chi connectivity index (χ4n) is 1.20. The van der Waals surface area contributed by atoms with Crippen molar-refractivity contribution in [2.45, 2.75) is 6.92 Å². The standard InChI is InChI=1S/C8H6ClIN2O/c1-3-5-4(10)2-12-8(11)6(5)13-7(3)9/h2H,1H3,(H2,11,12). The van der Waals surface area contributed by atoms with Crippen molar-refractivity contribution in [1.29, 1.82) is 0 Å². The highest BCUT2D eigenvalue weighted by atomic mass is 127. The van der Waals surface area contributed by atoms with E-state index in [0.29, 0.717) is 16.6 Å². The molecule has 0 aliphatic heterocycles. The van der Waals surface area contributed by atoms with Crippen molar-refractivity contribution in [3.8, 4) is 0 Å². The number of pyridine rings is 1. The van der Waals surface area contributed by atoms with E-state index in [4.69, 9.17) is 21.8 Å². The van der Waals surface area contributed by atoms with E-state index in [1.54, 1.807) is 6.20 Å². The van der Waals surface area contributed by atoms with Crippen molar-refractivity contribution in [3.63, 3.8) is 0 Å². The van der Waals surface area contributed by atoms with Crippen LogP contribution in [0.2, 0.25) is 5.22 Å². The zero-order valence-electron chi connectivity index (χ0n) is 6.77. The molecule has 2 N–H and O–H groups in total. The van der Waals surface area contributed by atoms with Gasteiger partial charge in [0, 0.05) is 20.7 Å². The molecule has 0 saturated heterocycles. The lowest BCUT2D eigenvalue weighted by Crippen LogP contribution is -1.91. The lowest BCUT2D eigenvalue weighted by atomic mass is 10.2. The molecule has 2 aromatic heterocycles. The van der Waals surface area contributed by atoms with Crippen LogP contribution < -0.4 is 5.73 Å². The largest absolute Gasteiger partial charge is 0.440 e. The number of aromatic nitrogens is 1. The molecule has 0 aliphatic rings. The van der Waals surface area contributed by atoms with Gasteiger partial charge in [0.1, 0.15) is 0 Å². The molecule has 5 heteroatoms. The van der Waals surface area contributed by atoms with Gasteiger partial charge in [0.15, 0.2) is 16.6 Å². The summed E-state index contributed by atoms with van der Waals surface area (Å²) in [5, 5.41) is 1.34. The van der Waals surface area contributed by atoms with Crippen molar-refractivity contribution in [2.24, 2.45) is 0 Å². The van der Waals surface area contributed by atoms with Gasteiger partial charge in [0.05, 0.1) is 0 Å². The fourth-order valence-corrected chi connectivity index (χ4v) is 2.16. The molecule has 0 bridgehead atoms. The molecule has 0 saturated carbocycles. The van der Waals surface area contributed by atoms with Crippen LogP contribution in [-0.2, 0) is 0 Å². The number of nitrogen functional groups attached to an aromatic ring is 1. The van der Waals surface area contributed by atoms with Gasteiger partial charge in [-0.3, -0.25) is 0 Å². The number of nitrogens with zero attached hydrogens (tertiary/aromatic N) is 1. The maximum Gasteiger partial charge on any atom is 0.197 e. The molecule has 2 heterocycles. The first kappa shape index (κ1) is 9.08. The number of nitrogens with two attached hydrogens (primary N) is 1.